The third-order valence-corrected chi connectivity index (χ3v) is 11.5. The summed E-state index contributed by atoms with van der Waals surface area (Å²) < 4.78 is 6.89. The van der Waals surface area contributed by atoms with E-state index in [4.69, 9.17) is 4.42 Å². The van der Waals surface area contributed by atoms with E-state index in [9.17, 15) is 0 Å². The molecule has 1 aromatic heterocycles. The molecular weight excluding hydrogens is 691 g/mol. The average Bonchev–Trinajstić information content (AvgIpc) is 3.68. The molecule has 268 valence electrons. The van der Waals surface area contributed by atoms with Crippen LogP contribution < -0.4 is 4.90 Å². The van der Waals surface area contributed by atoms with Crippen LogP contribution in [0.3, 0.4) is 0 Å². The quantitative estimate of drug-likeness (QED) is 0.170. The summed E-state index contributed by atoms with van der Waals surface area (Å²) >= 11 is 0. The van der Waals surface area contributed by atoms with E-state index < -0.39 is 0 Å². The molecule has 0 aliphatic heterocycles. The zero-order valence-electron chi connectivity index (χ0n) is 31.5. The van der Waals surface area contributed by atoms with Crippen LogP contribution in [0.4, 0.5) is 17.1 Å². The fourth-order valence-electron chi connectivity index (χ4n) is 8.61. The molecule has 11 rings (SSSR count). The number of rotatable bonds is 6. The number of anilines is 3. The summed E-state index contributed by atoms with van der Waals surface area (Å²) in [6.07, 6.45) is 0. The Morgan fingerprint density at radius 1 is 0.333 bits per heavy atom. The van der Waals surface area contributed by atoms with E-state index in [2.05, 4.69) is 218 Å². The van der Waals surface area contributed by atoms with Gasteiger partial charge in [-0.2, -0.15) is 0 Å². The summed E-state index contributed by atoms with van der Waals surface area (Å²) in [5.41, 5.74) is 13.3. The van der Waals surface area contributed by atoms with E-state index in [1.807, 2.05) is 0 Å². The summed E-state index contributed by atoms with van der Waals surface area (Å²) in [4.78, 5) is 2.33. The van der Waals surface area contributed by atoms with Gasteiger partial charge in [0, 0.05) is 22.1 Å². The van der Waals surface area contributed by atoms with Crippen molar-refractivity contribution in [3.63, 3.8) is 0 Å². The van der Waals surface area contributed by atoms with Gasteiger partial charge in [-0.15, -0.1) is 0 Å². The predicted octanol–water partition coefficient (Wildman–Crippen LogP) is 15.8. The molecule has 0 saturated heterocycles. The maximum absolute atomic E-state index is 6.89. The highest BCUT2D eigenvalue weighted by Crippen LogP contribution is 2.45. The van der Waals surface area contributed by atoms with Crippen molar-refractivity contribution in [3.05, 3.63) is 212 Å². The van der Waals surface area contributed by atoms with E-state index in [0.29, 0.717) is 0 Å². The summed E-state index contributed by atoms with van der Waals surface area (Å²) in [5.74, 6) is 0. The molecule has 57 heavy (non-hydrogen) atoms. The molecular formula is C55H37NO. The lowest BCUT2D eigenvalue weighted by atomic mass is 9.96. The molecule has 0 atom stereocenters. The summed E-state index contributed by atoms with van der Waals surface area (Å²) in [6, 6.07) is 74.5. The van der Waals surface area contributed by atoms with Crippen molar-refractivity contribution >= 4 is 71.3 Å². The molecule has 0 spiro atoms. The second-order valence-electron chi connectivity index (χ2n) is 15.0. The van der Waals surface area contributed by atoms with Gasteiger partial charge in [-0.3, -0.25) is 0 Å². The first-order valence-electron chi connectivity index (χ1n) is 19.6. The highest BCUT2D eigenvalue weighted by molar-refractivity contribution is 6.21. The van der Waals surface area contributed by atoms with Crippen molar-refractivity contribution in [3.8, 4) is 33.4 Å². The van der Waals surface area contributed by atoms with Crippen molar-refractivity contribution in [2.75, 3.05) is 4.90 Å². The smallest absolute Gasteiger partial charge is 0.159 e. The van der Waals surface area contributed by atoms with Crippen LogP contribution in [0.2, 0.25) is 0 Å². The van der Waals surface area contributed by atoms with Crippen LogP contribution >= 0.6 is 0 Å². The maximum Gasteiger partial charge on any atom is 0.159 e. The number of nitrogens with zero attached hydrogens (tertiary/aromatic N) is 1. The number of hydrogen-bond donors (Lipinski definition) is 0. The summed E-state index contributed by atoms with van der Waals surface area (Å²) in [5, 5.41) is 9.68. The van der Waals surface area contributed by atoms with Gasteiger partial charge in [-0.25, -0.2) is 0 Å². The zero-order valence-corrected chi connectivity index (χ0v) is 31.5. The second kappa shape index (κ2) is 13.4. The lowest BCUT2D eigenvalue weighted by Gasteiger charge is -2.26. The molecule has 1 heterocycles. The zero-order chi connectivity index (χ0) is 37.9. The number of furan rings is 1. The van der Waals surface area contributed by atoms with Gasteiger partial charge in [0.25, 0.3) is 0 Å². The Labute approximate surface area is 331 Å². The molecule has 0 saturated carbocycles. The molecule has 0 bridgehead atoms. The Morgan fingerprint density at radius 2 is 0.807 bits per heavy atom. The van der Waals surface area contributed by atoms with Gasteiger partial charge in [-0.1, -0.05) is 152 Å². The molecule has 0 radical (unpaired) electrons. The second-order valence-corrected chi connectivity index (χ2v) is 15.0. The molecule has 0 unspecified atom stereocenters. The highest BCUT2D eigenvalue weighted by Gasteiger charge is 2.21. The number of hydrogen-bond acceptors (Lipinski definition) is 2. The van der Waals surface area contributed by atoms with Gasteiger partial charge in [-0.05, 0) is 133 Å². The molecule has 2 nitrogen and oxygen atoms in total. The fourth-order valence-corrected chi connectivity index (χ4v) is 8.61. The highest BCUT2D eigenvalue weighted by atomic mass is 16.3. The number of fused-ring (bicyclic) bond motifs is 7. The van der Waals surface area contributed by atoms with Crippen molar-refractivity contribution in [1.82, 2.24) is 0 Å². The van der Waals surface area contributed by atoms with Crippen molar-refractivity contribution in [2.45, 2.75) is 6.92 Å². The summed E-state index contributed by atoms with van der Waals surface area (Å²) in [6.45, 7) is 2.15. The lowest BCUT2D eigenvalue weighted by molar-refractivity contribution is 0.666. The topological polar surface area (TPSA) is 16.4 Å². The van der Waals surface area contributed by atoms with Crippen molar-refractivity contribution in [2.24, 2.45) is 0 Å². The van der Waals surface area contributed by atoms with Gasteiger partial charge in [0.05, 0.1) is 5.69 Å². The Hall–Kier alpha value is -7.42. The van der Waals surface area contributed by atoms with Gasteiger partial charge in [0.15, 0.2) is 5.58 Å². The van der Waals surface area contributed by atoms with E-state index in [1.165, 1.54) is 65.7 Å². The van der Waals surface area contributed by atoms with E-state index in [-0.39, 0.29) is 0 Å². The number of para-hydroxylation sites is 1. The predicted molar refractivity (Wildman–Crippen MR) is 242 cm³/mol. The molecule has 11 aromatic rings. The fraction of sp³-hybridized carbons (Fsp3) is 0.0182. The molecule has 0 aliphatic rings. The average molecular weight is 728 g/mol. The molecule has 0 amide bonds. The lowest BCUT2D eigenvalue weighted by Crippen LogP contribution is -2.10. The molecule has 2 heteroatoms. The third-order valence-electron chi connectivity index (χ3n) is 11.5. The first-order chi connectivity index (χ1) is 28.1. The Bertz CT molecular complexity index is 3280. The SMILES string of the molecule is Cc1cc2ccccc2c2c1oc1c(N(c3ccc(-c4ccccc4)cc3)c3ccc(-c4ccc5cc(-c6ccc7ccccc7c6)ccc5c4)cc3)cccc12. The standard InChI is InChI=1S/C55H37NO/c1-36-32-47-14-7-8-15-50(47)53-51-16-9-17-52(55(51)57-54(36)53)56(48-28-24-39(25-29-48)37-10-3-2-4-11-37)49-30-26-40(27-31-49)42-20-21-45-35-46(23-22-44(45)34-42)43-19-18-38-12-5-6-13-41(38)33-43/h2-35H,1H3. The van der Waals surface area contributed by atoms with E-state index in [1.54, 1.807) is 0 Å². The van der Waals surface area contributed by atoms with Crippen LogP contribution in [0.15, 0.2) is 211 Å². The van der Waals surface area contributed by atoms with Gasteiger partial charge in [0.2, 0.25) is 0 Å². The number of benzene rings is 10. The maximum atomic E-state index is 6.89. The minimum Gasteiger partial charge on any atom is -0.454 e. The van der Waals surface area contributed by atoms with Crippen LogP contribution in [0.5, 0.6) is 0 Å². The van der Waals surface area contributed by atoms with E-state index >= 15 is 0 Å². The molecule has 0 fully saturated rings. The van der Waals surface area contributed by atoms with Gasteiger partial charge >= 0.3 is 0 Å². The Morgan fingerprint density at radius 3 is 1.47 bits per heavy atom. The molecule has 10 aromatic carbocycles. The van der Waals surface area contributed by atoms with Crippen LogP contribution in [0.1, 0.15) is 5.56 Å². The van der Waals surface area contributed by atoms with Crippen LogP contribution in [0, 0.1) is 6.92 Å². The van der Waals surface area contributed by atoms with Crippen molar-refractivity contribution in [1.29, 1.82) is 0 Å². The largest absolute Gasteiger partial charge is 0.454 e. The van der Waals surface area contributed by atoms with Crippen LogP contribution in [-0.2, 0) is 0 Å². The normalized spacial score (nSPS) is 11.6. The minimum atomic E-state index is 0.876. The monoisotopic (exact) mass is 727 g/mol. The van der Waals surface area contributed by atoms with E-state index in [0.717, 1.165) is 44.6 Å². The van der Waals surface area contributed by atoms with Gasteiger partial charge in [0.1, 0.15) is 5.58 Å². The first kappa shape index (κ1) is 33.0. The molecule has 0 aliphatic carbocycles. The number of aryl methyl sites for hydroxylation is 1. The van der Waals surface area contributed by atoms with Crippen LogP contribution in [-0.4, -0.2) is 0 Å². The molecule has 0 N–H and O–H groups in total. The first-order valence-corrected chi connectivity index (χ1v) is 19.6. The third kappa shape index (κ3) is 5.73. The summed E-state index contributed by atoms with van der Waals surface area (Å²) in [7, 11) is 0. The minimum absolute atomic E-state index is 0.876. The Kier molecular flexibility index (Phi) is 7.75. The van der Waals surface area contributed by atoms with Gasteiger partial charge < -0.3 is 9.32 Å². The van der Waals surface area contributed by atoms with Crippen molar-refractivity contribution < 1.29 is 4.42 Å². The van der Waals surface area contributed by atoms with Crippen LogP contribution in [0.25, 0.3) is 87.6 Å². The Balaban J connectivity index is 0.997.